The van der Waals surface area contributed by atoms with Gasteiger partial charge in [-0.15, -0.1) is 0 Å². The number of halogens is 1. The minimum absolute atomic E-state index is 0.00954. The first-order valence-electron chi connectivity index (χ1n) is 5.56. The lowest BCUT2D eigenvalue weighted by molar-refractivity contribution is 0.111. The lowest BCUT2D eigenvalue weighted by atomic mass is 10.2. The molecule has 0 radical (unpaired) electrons. The SMILES string of the molecule is COc1cc(OC)nc(Oc2cccc(F)c2C=O)n1. The van der Waals surface area contributed by atoms with Gasteiger partial charge in [0.25, 0.3) is 0 Å². The maximum atomic E-state index is 13.4. The van der Waals surface area contributed by atoms with Crippen molar-refractivity contribution in [1.82, 2.24) is 9.97 Å². The fourth-order valence-corrected chi connectivity index (χ4v) is 1.46. The van der Waals surface area contributed by atoms with E-state index < -0.39 is 5.82 Å². The van der Waals surface area contributed by atoms with Gasteiger partial charge in [0, 0.05) is 0 Å². The Morgan fingerprint density at radius 1 is 1.15 bits per heavy atom. The number of ether oxygens (including phenoxy) is 3. The average molecular weight is 278 g/mol. The van der Waals surface area contributed by atoms with Crippen LogP contribution in [0.1, 0.15) is 10.4 Å². The number of hydrogen-bond donors (Lipinski definition) is 0. The molecule has 1 aromatic heterocycles. The average Bonchev–Trinajstić information content (AvgIpc) is 2.47. The van der Waals surface area contributed by atoms with Gasteiger partial charge in [0.05, 0.1) is 25.8 Å². The van der Waals surface area contributed by atoms with Gasteiger partial charge in [0.1, 0.15) is 11.6 Å². The van der Waals surface area contributed by atoms with E-state index in [4.69, 9.17) is 14.2 Å². The van der Waals surface area contributed by atoms with Gasteiger partial charge in [-0.3, -0.25) is 4.79 Å². The van der Waals surface area contributed by atoms with Crippen molar-refractivity contribution in [3.05, 3.63) is 35.6 Å². The number of methoxy groups -OCH3 is 2. The Hall–Kier alpha value is -2.70. The molecule has 2 rings (SSSR count). The molecule has 0 bridgehead atoms. The quantitative estimate of drug-likeness (QED) is 0.781. The van der Waals surface area contributed by atoms with Gasteiger partial charge in [-0.2, -0.15) is 9.97 Å². The Kier molecular flexibility index (Phi) is 4.09. The van der Waals surface area contributed by atoms with Crippen molar-refractivity contribution in [2.24, 2.45) is 0 Å². The molecule has 0 aliphatic heterocycles. The highest BCUT2D eigenvalue weighted by Crippen LogP contribution is 2.26. The van der Waals surface area contributed by atoms with E-state index in [1.54, 1.807) is 0 Å². The van der Waals surface area contributed by atoms with Crippen LogP contribution < -0.4 is 14.2 Å². The van der Waals surface area contributed by atoms with Crippen LogP contribution in [0.15, 0.2) is 24.3 Å². The zero-order chi connectivity index (χ0) is 14.5. The molecule has 0 N–H and O–H groups in total. The Morgan fingerprint density at radius 3 is 2.35 bits per heavy atom. The molecule has 0 unspecified atom stereocenters. The molecule has 0 aliphatic carbocycles. The van der Waals surface area contributed by atoms with Crippen LogP contribution in [-0.4, -0.2) is 30.5 Å². The number of aromatic nitrogens is 2. The number of aldehydes is 1. The minimum Gasteiger partial charge on any atom is -0.481 e. The van der Waals surface area contributed by atoms with Crippen LogP contribution in [0.3, 0.4) is 0 Å². The van der Waals surface area contributed by atoms with E-state index in [0.29, 0.717) is 6.29 Å². The molecule has 2 aromatic rings. The molecule has 6 nitrogen and oxygen atoms in total. The second-order valence-corrected chi connectivity index (χ2v) is 3.61. The summed E-state index contributed by atoms with van der Waals surface area (Å²) in [5, 5.41) is 0. The standard InChI is InChI=1S/C13H11FN2O4/c1-18-11-6-12(19-2)16-13(15-11)20-10-5-3-4-9(14)8(10)7-17/h3-7H,1-2H3. The Morgan fingerprint density at radius 2 is 1.80 bits per heavy atom. The second-order valence-electron chi connectivity index (χ2n) is 3.61. The molecular weight excluding hydrogens is 267 g/mol. The third kappa shape index (κ3) is 2.82. The molecule has 0 aliphatic rings. The maximum Gasteiger partial charge on any atom is 0.328 e. The van der Waals surface area contributed by atoms with E-state index in [1.807, 2.05) is 0 Å². The van der Waals surface area contributed by atoms with Crippen LogP contribution in [-0.2, 0) is 0 Å². The summed E-state index contributed by atoms with van der Waals surface area (Å²) in [7, 11) is 2.84. The van der Waals surface area contributed by atoms with E-state index in [2.05, 4.69) is 9.97 Å². The van der Waals surface area contributed by atoms with Gasteiger partial charge in [-0.1, -0.05) is 6.07 Å². The van der Waals surface area contributed by atoms with Gasteiger partial charge in [-0.05, 0) is 12.1 Å². The molecule has 0 spiro atoms. The van der Waals surface area contributed by atoms with Gasteiger partial charge in [0.2, 0.25) is 11.8 Å². The number of hydrogen-bond acceptors (Lipinski definition) is 6. The molecule has 0 atom stereocenters. The first-order valence-corrected chi connectivity index (χ1v) is 5.56. The fourth-order valence-electron chi connectivity index (χ4n) is 1.46. The van der Waals surface area contributed by atoms with Crippen LogP contribution in [0.5, 0.6) is 23.5 Å². The van der Waals surface area contributed by atoms with E-state index >= 15 is 0 Å². The van der Waals surface area contributed by atoms with E-state index in [-0.39, 0.29) is 29.1 Å². The molecule has 20 heavy (non-hydrogen) atoms. The molecule has 7 heteroatoms. The summed E-state index contributed by atoms with van der Waals surface area (Å²) >= 11 is 0. The molecule has 0 saturated heterocycles. The first kappa shape index (κ1) is 13.7. The molecule has 0 fully saturated rings. The summed E-state index contributed by atoms with van der Waals surface area (Å²) in [6.45, 7) is 0. The molecule has 1 aromatic carbocycles. The minimum atomic E-state index is -0.688. The molecule has 0 saturated carbocycles. The highest BCUT2D eigenvalue weighted by atomic mass is 19.1. The summed E-state index contributed by atoms with van der Waals surface area (Å²) in [5.74, 6) is -0.241. The van der Waals surface area contributed by atoms with Crippen LogP contribution in [0.2, 0.25) is 0 Å². The Balaban J connectivity index is 2.39. The molecule has 1 heterocycles. The monoisotopic (exact) mass is 278 g/mol. The second kappa shape index (κ2) is 5.96. The zero-order valence-electron chi connectivity index (χ0n) is 10.8. The summed E-state index contributed by atoms with van der Waals surface area (Å²) in [6.07, 6.45) is 0.363. The number of rotatable bonds is 5. The summed E-state index contributed by atoms with van der Waals surface area (Å²) in [4.78, 5) is 18.7. The topological polar surface area (TPSA) is 70.5 Å². The highest BCUT2D eigenvalue weighted by Gasteiger charge is 2.13. The van der Waals surface area contributed by atoms with E-state index in [1.165, 1.54) is 32.4 Å². The predicted octanol–water partition coefficient (Wildman–Crippen LogP) is 2.24. The zero-order valence-corrected chi connectivity index (χ0v) is 10.8. The Bertz CT molecular complexity index is 612. The summed E-state index contributed by atoms with van der Waals surface area (Å²) in [6, 6.07) is 5.34. The first-order chi connectivity index (χ1) is 9.67. The van der Waals surface area contributed by atoms with E-state index in [0.717, 1.165) is 6.07 Å². The normalized spacial score (nSPS) is 9.95. The Labute approximate surface area is 114 Å². The van der Waals surface area contributed by atoms with Crippen molar-refractivity contribution >= 4 is 6.29 Å². The molecule has 104 valence electrons. The van der Waals surface area contributed by atoms with Crippen LogP contribution >= 0.6 is 0 Å². The summed E-state index contributed by atoms with van der Waals surface area (Å²) < 4.78 is 28.7. The van der Waals surface area contributed by atoms with Crippen molar-refractivity contribution in [2.75, 3.05) is 14.2 Å². The van der Waals surface area contributed by atoms with Crippen LogP contribution in [0.25, 0.3) is 0 Å². The third-order valence-electron chi connectivity index (χ3n) is 2.41. The van der Waals surface area contributed by atoms with Crippen molar-refractivity contribution in [3.8, 4) is 23.5 Å². The van der Waals surface area contributed by atoms with Crippen molar-refractivity contribution < 1.29 is 23.4 Å². The largest absolute Gasteiger partial charge is 0.481 e. The van der Waals surface area contributed by atoms with Crippen LogP contribution in [0, 0.1) is 5.82 Å². The van der Waals surface area contributed by atoms with Gasteiger partial charge >= 0.3 is 6.01 Å². The summed E-state index contributed by atoms with van der Waals surface area (Å²) in [5.41, 5.74) is -0.210. The van der Waals surface area contributed by atoms with Crippen molar-refractivity contribution in [3.63, 3.8) is 0 Å². The number of benzene rings is 1. The third-order valence-corrected chi connectivity index (χ3v) is 2.41. The van der Waals surface area contributed by atoms with Gasteiger partial charge in [-0.25, -0.2) is 4.39 Å². The van der Waals surface area contributed by atoms with Gasteiger partial charge < -0.3 is 14.2 Å². The number of carbonyl (C=O) groups excluding carboxylic acids is 1. The van der Waals surface area contributed by atoms with E-state index in [9.17, 15) is 9.18 Å². The van der Waals surface area contributed by atoms with Crippen molar-refractivity contribution in [1.29, 1.82) is 0 Å². The number of carbonyl (C=O) groups is 1. The van der Waals surface area contributed by atoms with Crippen molar-refractivity contribution in [2.45, 2.75) is 0 Å². The fraction of sp³-hybridized carbons (Fsp3) is 0.154. The van der Waals surface area contributed by atoms with Crippen LogP contribution in [0.4, 0.5) is 4.39 Å². The predicted molar refractivity (Wildman–Crippen MR) is 67.0 cm³/mol. The maximum absolute atomic E-state index is 13.4. The lowest BCUT2D eigenvalue weighted by Crippen LogP contribution is -2.00. The lowest BCUT2D eigenvalue weighted by Gasteiger charge is -2.09. The smallest absolute Gasteiger partial charge is 0.328 e. The highest BCUT2D eigenvalue weighted by molar-refractivity contribution is 5.79. The molecule has 0 amide bonds. The number of nitrogens with zero attached hydrogens (tertiary/aromatic N) is 2. The molecular formula is C13H11FN2O4. The van der Waals surface area contributed by atoms with Gasteiger partial charge in [0.15, 0.2) is 6.29 Å².